The number of nitrogens with one attached hydrogen (secondary N) is 1. The van der Waals surface area contributed by atoms with Crippen LogP contribution in [0.4, 0.5) is 0 Å². The molecule has 1 amide bonds. The van der Waals surface area contributed by atoms with Crippen molar-refractivity contribution in [1.82, 2.24) is 5.32 Å². The van der Waals surface area contributed by atoms with Gasteiger partial charge in [0.1, 0.15) is 13.2 Å². The average Bonchev–Trinajstić information content (AvgIpc) is 3.27. The lowest BCUT2D eigenvalue weighted by molar-refractivity contribution is -0.870. The first-order chi connectivity index (χ1) is 32.0. The highest BCUT2D eigenvalue weighted by atomic mass is 31.2. The Morgan fingerprint density at radius 1 is 0.530 bits per heavy atom. The molecule has 0 aromatic carbocycles. The van der Waals surface area contributed by atoms with Gasteiger partial charge in [0.05, 0.1) is 39.9 Å². The van der Waals surface area contributed by atoms with Gasteiger partial charge >= 0.3 is 0 Å². The molecule has 0 aliphatic carbocycles. The molecule has 0 aliphatic rings. The van der Waals surface area contributed by atoms with Crippen LogP contribution in [0.2, 0.25) is 0 Å². The molecule has 0 saturated heterocycles. The standard InChI is InChI=1S/C57H109N2O6P/c1-6-8-10-11-12-13-14-15-16-17-18-19-20-21-22-23-24-25-26-27-28-29-30-31-32-33-34-35-36-37-38-39-40-41-42-43-44-45-46-47-49-51-57(61)58-55(56(60)50-48-9-7-2)54-65-66(62,63)64-53-52-59(3,4)5/h14-15,17-18,20-21,48,50,55-56,60H,6-13,16,19,22-47,49,51-54H2,1-5H3,(H-,58,61,62,63)/b15-14-,18-17-,21-20-,50-48+. The SMILES string of the molecule is CCC/C=C/C(O)C(COP(=O)([O-])OCC[N+](C)(C)C)NC(=O)CCCCCCCCCCCCCCCCCCCCCCCCCCCC/C=C\C/C=C\C/C=C\CCCCCCC. The highest BCUT2D eigenvalue weighted by Crippen LogP contribution is 2.38. The number of likely N-dealkylation sites (N-methyl/N-ethyl adjacent to an activating group) is 1. The Morgan fingerprint density at radius 3 is 1.30 bits per heavy atom. The third-order valence-corrected chi connectivity index (χ3v) is 13.5. The molecule has 0 radical (unpaired) electrons. The number of unbranched alkanes of at least 4 members (excludes halogenated alkanes) is 32. The maximum Gasteiger partial charge on any atom is 0.268 e. The van der Waals surface area contributed by atoms with Gasteiger partial charge in [-0.15, -0.1) is 0 Å². The number of carbonyl (C=O) groups excluding carboxylic acids is 1. The molecule has 0 bridgehead atoms. The van der Waals surface area contributed by atoms with E-state index in [-0.39, 0.29) is 19.1 Å². The zero-order chi connectivity index (χ0) is 48.5. The Morgan fingerprint density at radius 2 is 0.909 bits per heavy atom. The van der Waals surface area contributed by atoms with Crippen LogP contribution in [0.1, 0.15) is 258 Å². The summed E-state index contributed by atoms with van der Waals surface area (Å²) in [7, 11) is 1.26. The summed E-state index contributed by atoms with van der Waals surface area (Å²) in [5.74, 6) is -0.206. The zero-order valence-corrected chi connectivity index (χ0v) is 45.0. The van der Waals surface area contributed by atoms with Crippen molar-refractivity contribution in [1.29, 1.82) is 0 Å². The van der Waals surface area contributed by atoms with Gasteiger partial charge in [-0.05, 0) is 51.4 Å². The highest BCUT2D eigenvalue weighted by molar-refractivity contribution is 7.45. The van der Waals surface area contributed by atoms with E-state index >= 15 is 0 Å². The van der Waals surface area contributed by atoms with Gasteiger partial charge < -0.3 is 28.8 Å². The molecule has 3 atom stereocenters. The summed E-state index contributed by atoms with van der Waals surface area (Å²) < 4.78 is 22.9. The quantitative estimate of drug-likeness (QED) is 0.0272. The lowest BCUT2D eigenvalue weighted by Crippen LogP contribution is -2.45. The first kappa shape index (κ1) is 64.5. The fourth-order valence-electron chi connectivity index (χ4n) is 8.11. The number of nitrogens with zero attached hydrogens (tertiary/aromatic N) is 1. The van der Waals surface area contributed by atoms with Crippen molar-refractivity contribution in [3.05, 3.63) is 48.6 Å². The second kappa shape index (κ2) is 48.5. The zero-order valence-electron chi connectivity index (χ0n) is 44.1. The number of aliphatic hydroxyl groups is 1. The third-order valence-electron chi connectivity index (χ3n) is 12.5. The smallest absolute Gasteiger partial charge is 0.268 e. The van der Waals surface area contributed by atoms with E-state index in [9.17, 15) is 19.4 Å². The van der Waals surface area contributed by atoms with Crippen LogP contribution in [0.15, 0.2) is 48.6 Å². The van der Waals surface area contributed by atoms with Crippen molar-refractivity contribution in [2.24, 2.45) is 0 Å². The molecule has 66 heavy (non-hydrogen) atoms. The van der Waals surface area contributed by atoms with E-state index in [0.29, 0.717) is 17.4 Å². The summed E-state index contributed by atoms with van der Waals surface area (Å²) in [6, 6.07) is -0.880. The van der Waals surface area contributed by atoms with E-state index in [1.54, 1.807) is 6.08 Å². The van der Waals surface area contributed by atoms with Gasteiger partial charge in [-0.3, -0.25) is 9.36 Å². The number of phosphoric acid groups is 1. The van der Waals surface area contributed by atoms with Gasteiger partial charge in [-0.1, -0.05) is 249 Å². The number of aliphatic hydroxyl groups excluding tert-OH is 1. The van der Waals surface area contributed by atoms with E-state index in [1.807, 2.05) is 34.1 Å². The van der Waals surface area contributed by atoms with Crippen LogP contribution >= 0.6 is 7.82 Å². The number of hydrogen-bond acceptors (Lipinski definition) is 6. The molecule has 0 rings (SSSR count). The van der Waals surface area contributed by atoms with Gasteiger partial charge in [0.25, 0.3) is 7.82 Å². The molecule has 0 aliphatic heterocycles. The van der Waals surface area contributed by atoms with Crippen molar-refractivity contribution in [2.75, 3.05) is 40.9 Å². The predicted octanol–water partition coefficient (Wildman–Crippen LogP) is 16.1. The molecule has 0 saturated carbocycles. The van der Waals surface area contributed by atoms with Crippen LogP contribution in [0.5, 0.6) is 0 Å². The van der Waals surface area contributed by atoms with E-state index in [0.717, 1.165) is 44.9 Å². The van der Waals surface area contributed by atoms with Crippen LogP contribution < -0.4 is 10.2 Å². The minimum atomic E-state index is -4.56. The van der Waals surface area contributed by atoms with E-state index in [4.69, 9.17) is 9.05 Å². The van der Waals surface area contributed by atoms with Crippen molar-refractivity contribution in [2.45, 2.75) is 270 Å². The minimum absolute atomic E-state index is 0.00178. The fourth-order valence-corrected chi connectivity index (χ4v) is 8.83. The van der Waals surface area contributed by atoms with Gasteiger partial charge in [0, 0.05) is 6.42 Å². The summed E-state index contributed by atoms with van der Waals surface area (Å²) in [6.45, 7) is 4.42. The predicted molar refractivity (Wildman–Crippen MR) is 284 cm³/mol. The first-order valence-corrected chi connectivity index (χ1v) is 29.5. The molecule has 0 aromatic heterocycles. The molecule has 2 N–H and O–H groups in total. The molecular weight excluding hydrogens is 840 g/mol. The molecule has 388 valence electrons. The maximum absolute atomic E-state index is 12.7. The molecule has 0 aromatic rings. The van der Waals surface area contributed by atoms with E-state index in [2.05, 4.69) is 48.7 Å². The Hall–Kier alpha value is -1.54. The van der Waals surface area contributed by atoms with Crippen molar-refractivity contribution < 1.29 is 32.9 Å². The maximum atomic E-state index is 12.7. The number of rotatable bonds is 51. The number of allylic oxidation sites excluding steroid dienone is 7. The molecule has 3 unspecified atom stereocenters. The molecular formula is C57H109N2O6P. The first-order valence-electron chi connectivity index (χ1n) is 28.0. The van der Waals surface area contributed by atoms with Gasteiger partial charge in [-0.25, -0.2) is 0 Å². The van der Waals surface area contributed by atoms with Crippen molar-refractivity contribution in [3.8, 4) is 0 Å². The lowest BCUT2D eigenvalue weighted by atomic mass is 10.0. The molecule has 0 fully saturated rings. The van der Waals surface area contributed by atoms with Crippen molar-refractivity contribution >= 4 is 13.7 Å². The summed E-state index contributed by atoms with van der Waals surface area (Å²) in [5.41, 5.74) is 0. The Bertz CT molecular complexity index is 1210. The van der Waals surface area contributed by atoms with Crippen LogP contribution in [-0.2, 0) is 18.4 Å². The number of amides is 1. The second-order valence-corrected chi connectivity index (χ2v) is 21.7. The van der Waals surface area contributed by atoms with Gasteiger partial charge in [-0.2, -0.15) is 0 Å². The van der Waals surface area contributed by atoms with E-state index < -0.39 is 20.0 Å². The van der Waals surface area contributed by atoms with Crippen LogP contribution in [0.3, 0.4) is 0 Å². The Kier molecular flexibility index (Phi) is 47.4. The summed E-state index contributed by atoms with van der Waals surface area (Å²) >= 11 is 0. The van der Waals surface area contributed by atoms with Gasteiger partial charge in [0.2, 0.25) is 5.91 Å². The summed E-state index contributed by atoms with van der Waals surface area (Å²) in [6.07, 6.45) is 64.7. The number of quaternary nitrogens is 1. The molecule has 0 spiro atoms. The number of hydrogen-bond donors (Lipinski definition) is 2. The van der Waals surface area contributed by atoms with Gasteiger partial charge in [0.15, 0.2) is 0 Å². The average molecular weight is 949 g/mol. The van der Waals surface area contributed by atoms with Crippen molar-refractivity contribution in [3.63, 3.8) is 0 Å². The van der Waals surface area contributed by atoms with Crippen LogP contribution in [0.25, 0.3) is 0 Å². The topological polar surface area (TPSA) is 108 Å². The fraction of sp³-hybridized carbons (Fsp3) is 0.842. The van der Waals surface area contributed by atoms with Crippen LogP contribution in [-0.4, -0.2) is 68.5 Å². The van der Waals surface area contributed by atoms with Crippen LogP contribution in [0, 0.1) is 0 Å². The summed E-state index contributed by atoms with van der Waals surface area (Å²) in [4.78, 5) is 25.0. The normalized spacial score (nSPS) is 14.3. The molecule has 9 heteroatoms. The molecule has 0 heterocycles. The molecule has 8 nitrogen and oxygen atoms in total. The minimum Gasteiger partial charge on any atom is -0.756 e. The Balaban J connectivity index is 3.59. The lowest BCUT2D eigenvalue weighted by Gasteiger charge is -2.29. The largest absolute Gasteiger partial charge is 0.756 e. The third kappa shape index (κ3) is 50.3. The summed E-state index contributed by atoms with van der Waals surface area (Å²) in [5, 5.41) is 13.4. The highest BCUT2D eigenvalue weighted by Gasteiger charge is 2.23. The van der Waals surface area contributed by atoms with E-state index in [1.165, 1.54) is 193 Å². The number of phosphoric ester groups is 1. The Labute approximate surface area is 409 Å². The second-order valence-electron chi connectivity index (χ2n) is 20.3. The monoisotopic (exact) mass is 949 g/mol. The number of carbonyl (C=O) groups is 1.